The number of rotatable bonds is 3. The predicted molar refractivity (Wildman–Crippen MR) is 83.7 cm³/mol. The zero-order valence-electron chi connectivity index (χ0n) is 11.7. The molecule has 0 saturated carbocycles. The van der Waals surface area contributed by atoms with Gasteiger partial charge in [0.05, 0.1) is 12.7 Å². The molecule has 0 fully saturated rings. The fourth-order valence-electron chi connectivity index (χ4n) is 2.06. The smallest absolute Gasteiger partial charge is 0.337 e. The Morgan fingerprint density at radius 2 is 1.73 bits per heavy atom. The first-order valence-electron chi connectivity index (χ1n) is 6.59. The van der Waals surface area contributed by atoms with Gasteiger partial charge in [-0.2, -0.15) is 4.98 Å². The standard InChI is InChI=1S/C17H12ClNO3/c1-21-17(20)13-9-7-12(8-10-13)16-19-15(18)14(22-16)11-5-3-2-4-6-11/h2-10H,1H3. The molecule has 22 heavy (non-hydrogen) atoms. The lowest BCUT2D eigenvalue weighted by atomic mass is 10.1. The highest BCUT2D eigenvalue weighted by Gasteiger charge is 2.15. The van der Waals surface area contributed by atoms with Crippen molar-refractivity contribution in [2.24, 2.45) is 0 Å². The van der Waals surface area contributed by atoms with Gasteiger partial charge in [-0.15, -0.1) is 0 Å². The van der Waals surface area contributed by atoms with Crippen molar-refractivity contribution >= 4 is 17.6 Å². The van der Waals surface area contributed by atoms with Crippen LogP contribution >= 0.6 is 11.6 Å². The Hall–Kier alpha value is -2.59. The summed E-state index contributed by atoms with van der Waals surface area (Å²) in [5.41, 5.74) is 2.06. The van der Waals surface area contributed by atoms with Crippen LogP contribution in [0.2, 0.25) is 5.15 Å². The van der Waals surface area contributed by atoms with Crippen LogP contribution in [0.3, 0.4) is 0 Å². The van der Waals surface area contributed by atoms with Crippen LogP contribution in [0.15, 0.2) is 59.0 Å². The van der Waals surface area contributed by atoms with Crippen molar-refractivity contribution in [1.82, 2.24) is 4.98 Å². The van der Waals surface area contributed by atoms with E-state index in [0.717, 1.165) is 11.1 Å². The third-order valence-corrected chi connectivity index (χ3v) is 3.43. The van der Waals surface area contributed by atoms with E-state index in [-0.39, 0.29) is 5.97 Å². The number of halogens is 1. The molecule has 0 radical (unpaired) electrons. The number of carbonyl (C=O) groups is 1. The molecule has 2 aromatic carbocycles. The van der Waals surface area contributed by atoms with Crippen molar-refractivity contribution in [3.8, 4) is 22.8 Å². The van der Waals surface area contributed by atoms with Crippen LogP contribution < -0.4 is 0 Å². The van der Waals surface area contributed by atoms with Crippen molar-refractivity contribution in [3.63, 3.8) is 0 Å². The summed E-state index contributed by atoms with van der Waals surface area (Å²) >= 11 is 6.15. The average molecular weight is 314 g/mol. The third kappa shape index (κ3) is 2.73. The van der Waals surface area contributed by atoms with Gasteiger partial charge < -0.3 is 9.15 Å². The molecule has 0 unspecified atom stereocenters. The van der Waals surface area contributed by atoms with Crippen LogP contribution in [0.5, 0.6) is 0 Å². The Morgan fingerprint density at radius 3 is 2.36 bits per heavy atom. The summed E-state index contributed by atoms with van der Waals surface area (Å²) in [5.74, 6) is 0.538. The number of oxazole rings is 1. The molecule has 0 aliphatic carbocycles. The van der Waals surface area contributed by atoms with Crippen LogP contribution in [0, 0.1) is 0 Å². The highest BCUT2D eigenvalue weighted by Crippen LogP contribution is 2.32. The molecule has 1 aromatic heterocycles. The van der Waals surface area contributed by atoms with Crippen LogP contribution in [-0.2, 0) is 4.74 Å². The lowest BCUT2D eigenvalue weighted by Gasteiger charge is -2.00. The van der Waals surface area contributed by atoms with E-state index in [1.54, 1.807) is 24.3 Å². The zero-order chi connectivity index (χ0) is 15.5. The molecule has 0 amide bonds. The summed E-state index contributed by atoms with van der Waals surface area (Å²) in [5, 5.41) is 0.304. The predicted octanol–water partition coefficient (Wildman–Crippen LogP) is 4.45. The minimum atomic E-state index is -0.387. The molecular formula is C17H12ClNO3. The summed E-state index contributed by atoms with van der Waals surface area (Å²) in [6, 6.07) is 16.3. The van der Waals surface area contributed by atoms with Gasteiger partial charge >= 0.3 is 5.97 Å². The maximum absolute atomic E-state index is 11.4. The largest absolute Gasteiger partial charge is 0.465 e. The van der Waals surface area contributed by atoms with Gasteiger partial charge in [-0.3, -0.25) is 0 Å². The van der Waals surface area contributed by atoms with E-state index < -0.39 is 0 Å². The van der Waals surface area contributed by atoms with E-state index in [2.05, 4.69) is 9.72 Å². The highest BCUT2D eigenvalue weighted by molar-refractivity contribution is 6.31. The van der Waals surface area contributed by atoms with Gasteiger partial charge in [0.2, 0.25) is 5.89 Å². The van der Waals surface area contributed by atoms with Crippen molar-refractivity contribution in [1.29, 1.82) is 0 Å². The molecule has 0 aliphatic rings. The van der Waals surface area contributed by atoms with Crippen molar-refractivity contribution in [2.45, 2.75) is 0 Å². The van der Waals surface area contributed by atoms with Crippen molar-refractivity contribution in [2.75, 3.05) is 7.11 Å². The number of hydrogen-bond donors (Lipinski definition) is 0. The summed E-state index contributed by atoms with van der Waals surface area (Å²) in [4.78, 5) is 15.7. The topological polar surface area (TPSA) is 52.3 Å². The number of carbonyl (C=O) groups excluding carboxylic acids is 1. The maximum atomic E-state index is 11.4. The van der Waals surface area contributed by atoms with Crippen molar-refractivity contribution in [3.05, 3.63) is 65.3 Å². The van der Waals surface area contributed by atoms with Gasteiger partial charge in [-0.1, -0.05) is 41.9 Å². The molecular weight excluding hydrogens is 302 g/mol. The second-order valence-electron chi connectivity index (χ2n) is 4.57. The van der Waals surface area contributed by atoms with E-state index in [1.165, 1.54) is 7.11 Å². The third-order valence-electron chi connectivity index (χ3n) is 3.17. The molecule has 110 valence electrons. The van der Waals surface area contributed by atoms with Crippen LogP contribution in [0.25, 0.3) is 22.8 Å². The summed E-state index contributed by atoms with van der Waals surface area (Å²) in [6.45, 7) is 0. The number of benzene rings is 2. The van der Waals surface area contributed by atoms with E-state index in [1.807, 2.05) is 30.3 Å². The second-order valence-corrected chi connectivity index (χ2v) is 4.93. The molecule has 0 saturated heterocycles. The van der Waals surface area contributed by atoms with Gasteiger partial charge in [-0.25, -0.2) is 4.79 Å². The molecule has 5 heteroatoms. The van der Waals surface area contributed by atoms with Gasteiger partial charge in [-0.05, 0) is 24.3 Å². The average Bonchev–Trinajstić information content (AvgIpc) is 2.97. The fourth-order valence-corrected chi connectivity index (χ4v) is 2.28. The molecule has 3 aromatic rings. The monoisotopic (exact) mass is 313 g/mol. The van der Waals surface area contributed by atoms with Crippen LogP contribution in [0.1, 0.15) is 10.4 Å². The van der Waals surface area contributed by atoms with Crippen LogP contribution in [0.4, 0.5) is 0 Å². The van der Waals surface area contributed by atoms with Crippen LogP contribution in [-0.4, -0.2) is 18.1 Å². The van der Waals surface area contributed by atoms with Gasteiger partial charge in [0, 0.05) is 11.1 Å². The Bertz CT molecular complexity index is 795. The van der Waals surface area contributed by atoms with Crippen molar-refractivity contribution < 1.29 is 13.9 Å². The summed E-state index contributed by atoms with van der Waals surface area (Å²) < 4.78 is 10.4. The van der Waals surface area contributed by atoms with E-state index in [0.29, 0.717) is 22.4 Å². The normalized spacial score (nSPS) is 10.5. The van der Waals surface area contributed by atoms with Gasteiger partial charge in [0.1, 0.15) is 0 Å². The first-order valence-corrected chi connectivity index (χ1v) is 6.97. The van der Waals surface area contributed by atoms with E-state index in [9.17, 15) is 4.79 Å². The quantitative estimate of drug-likeness (QED) is 0.670. The number of nitrogens with zero attached hydrogens (tertiary/aromatic N) is 1. The molecule has 0 atom stereocenters. The number of aromatic nitrogens is 1. The summed E-state index contributed by atoms with van der Waals surface area (Å²) in [6.07, 6.45) is 0. The molecule has 0 bridgehead atoms. The highest BCUT2D eigenvalue weighted by atomic mass is 35.5. The molecule has 1 heterocycles. The number of hydrogen-bond acceptors (Lipinski definition) is 4. The first kappa shape index (κ1) is 14.4. The molecule has 0 spiro atoms. The fraction of sp³-hybridized carbons (Fsp3) is 0.0588. The minimum absolute atomic E-state index is 0.304. The number of esters is 1. The van der Waals surface area contributed by atoms with Gasteiger partial charge in [0.25, 0.3) is 0 Å². The molecule has 3 rings (SSSR count). The lowest BCUT2D eigenvalue weighted by molar-refractivity contribution is 0.0601. The molecule has 0 aliphatic heterocycles. The Balaban J connectivity index is 1.95. The van der Waals surface area contributed by atoms with E-state index in [4.69, 9.17) is 16.0 Å². The van der Waals surface area contributed by atoms with E-state index >= 15 is 0 Å². The Morgan fingerprint density at radius 1 is 1.05 bits per heavy atom. The first-order chi connectivity index (χ1) is 10.7. The molecule has 0 N–H and O–H groups in total. The second kappa shape index (κ2) is 6.03. The zero-order valence-corrected chi connectivity index (χ0v) is 12.5. The van der Waals surface area contributed by atoms with Gasteiger partial charge in [0.15, 0.2) is 10.9 Å². The number of methoxy groups -OCH3 is 1. The Kier molecular flexibility index (Phi) is 3.94. The summed E-state index contributed by atoms with van der Waals surface area (Å²) in [7, 11) is 1.34. The maximum Gasteiger partial charge on any atom is 0.337 e. The Labute approximate surface area is 132 Å². The SMILES string of the molecule is COC(=O)c1ccc(-c2nc(Cl)c(-c3ccccc3)o2)cc1. The number of ether oxygens (including phenoxy) is 1. The minimum Gasteiger partial charge on any atom is -0.465 e. The molecule has 4 nitrogen and oxygen atoms in total. The lowest BCUT2D eigenvalue weighted by Crippen LogP contribution is -2.00.